The summed E-state index contributed by atoms with van der Waals surface area (Å²) in [5.41, 5.74) is 5.59. The van der Waals surface area contributed by atoms with Gasteiger partial charge in [-0.3, -0.25) is 4.57 Å². The van der Waals surface area contributed by atoms with Crippen molar-refractivity contribution < 1.29 is 0 Å². The van der Waals surface area contributed by atoms with E-state index in [-0.39, 0.29) is 0 Å². The zero-order chi connectivity index (χ0) is 15.0. The lowest BCUT2D eigenvalue weighted by Crippen LogP contribution is -2.04. The topological polar surface area (TPSA) is 17.8 Å². The van der Waals surface area contributed by atoms with Crippen molar-refractivity contribution in [2.75, 3.05) is 5.88 Å². The van der Waals surface area contributed by atoms with E-state index in [1.165, 1.54) is 11.1 Å². The molecule has 0 aliphatic rings. The Balaban J connectivity index is 2.30. The molecule has 1 heterocycles. The Hall–Kier alpha value is -1.51. The molecule has 0 fully saturated rings. The molecule has 0 amide bonds. The van der Waals surface area contributed by atoms with E-state index in [4.69, 9.17) is 28.2 Å². The monoisotopic (exact) mass is 318 g/mol. The highest BCUT2D eigenvalue weighted by Crippen LogP contribution is 2.27. The zero-order valence-corrected chi connectivity index (χ0v) is 13.5. The summed E-state index contributed by atoms with van der Waals surface area (Å²) < 4.78 is 2.18. The van der Waals surface area contributed by atoms with E-state index in [2.05, 4.69) is 36.6 Å². The highest BCUT2D eigenvalue weighted by molar-refractivity contribution is 6.31. The van der Waals surface area contributed by atoms with Gasteiger partial charge in [-0.2, -0.15) is 0 Å². The van der Waals surface area contributed by atoms with Crippen molar-refractivity contribution in [3.8, 4) is 5.69 Å². The first-order valence-electron chi connectivity index (χ1n) is 6.90. The molecule has 0 spiro atoms. The van der Waals surface area contributed by atoms with Crippen molar-refractivity contribution in [2.45, 2.75) is 20.3 Å². The van der Waals surface area contributed by atoms with Crippen molar-refractivity contribution in [3.05, 3.63) is 58.4 Å². The molecule has 2 aromatic carbocycles. The maximum Gasteiger partial charge on any atom is 0.115 e. The maximum absolute atomic E-state index is 6.08. The van der Waals surface area contributed by atoms with E-state index in [9.17, 15) is 0 Å². The number of halogens is 2. The van der Waals surface area contributed by atoms with E-state index in [1.54, 1.807) is 0 Å². The molecule has 0 radical (unpaired) electrons. The molecule has 3 rings (SSSR count). The SMILES string of the molecule is Cc1ccc(-n2c(CCCl)nc3cc(Cl)ccc32)c(C)c1. The third-order valence-corrected chi connectivity index (χ3v) is 4.02. The van der Waals surface area contributed by atoms with Crippen LogP contribution in [0.4, 0.5) is 0 Å². The molecule has 0 aliphatic carbocycles. The van der Waals surface area contributed by atoms with Gasteiger partial charge in [0.2, 0.25) is 0 Å². The standard InChI is InChI=1S/C17H16Cl2N2/c1-11-3-5-15(12(2)9-11)21-16-6-4-13(19)10-14(16)20-17(21)7-8-18/h3-6,9-10H,7-8H2,1-2H3. The Morgan fingerprint density at radius 1 is 1.10 bits per heavy atom. The number of fused-ring (bicyclic) bond motifs is 1. The molecule has 1 aromatic heterocycles. The Labute approximate surface area is 134 Å². The van der Waals surface area contributed by atoms with Gasteiger partial charge in [-0.15, -0.1) is 11.6 Å². The Kier molecular flexibility index (Phi) is 3.92. The number of hydrogen-bond acceptors (Lipinski definition) is 1. The largest absolute Gasteiger partial charge is 0.296 e. The first-order valence-corrected chi connectivity index (χ1v) is 7.82. The highest BCUT2D eigenvalue weighted by atomic mass is 35.5. The van der Waals surface area contributed by atoms with Crippen LogP contribution in [-0.2, 0) is 6.42 Å². The van der Waals surface area contributed by atoms with Gasteiger partial charge >= 0.3 is 0 Å². The fourth-order valence-corrected chi connectivity index (χ4v) is 3.02. The van der Waals surface area contributed by atoms with E-state index < -0.39 is 0 Å². The second-order valence-corrected chi connectivity index (χ2v) is 6.04. The lowest BCUT2D eigenvalue weighted by molar-refractivity contribution is 0.906. The quantitative estimate of drug-likeness (QED) is 0.616. The molecular weight excluding hydrogens is 303 g/mol. The second-order valence-electron chi connectivity index (χ2n) is 5.23. The molecule has 0 N–H and O–H groups in total. The lowest BCUT2D eigenvalue weighted by Gasteiger charge is -2.12. The molecule has 3 aromatic rings. The van der Waals surface area contributed by atoms with Crippen LogP contribution in [0.3, 0.4) is 0 Å². The minimum atomic E-state index is 0.544. The van der Waals surface area contributed by atoms with Crippen LogP contribution < -0.4 is 0 Å². The summed E-state index contributed by atoms with van der Waals surface area (Å²) in [6.45, 7) is 4.22. The molecule has 0 atom stereocenters. The summed E-state index contributed by atoms with van der Waals surface area (Å²) >= 11 is 12.0. The predicted molar refractivity (Wildman–Crippen MR) is 90.0 cm³/mol. The molecule has 0 saturated carbocycles. The number of imidazole rings is 1. The van der Waals surface area contributed by atoms with Crippen LogP contribution in [0.1, 0.15) is 17.0 Å². The molecule has 4 heteroatoms. The summed E-state index contributed by atoms with van der Waals surface area (Å²) in [7, 11) is 0. The van der Waals surface area contributed by atoms with Gasteiger partial charge in [0.1, 0.15) is 5.82 Å². The smallest absolute Gasteiger partial charge is 0.115 e. The number of aromatic nitrogens is 2. The molecule has 2 nitrogen and oxygen atoms in total. The molecular formula is C17H16Cl2N2. The van der Waals surface area contributed by atoms with Gasteiger partial charge < -0.3 is 0 Å². The number of hydrogen-bond donors (Lipinski definition) is 0. The van der Waals surface area contributed by atoms with Crippen LogP contribution in [0.5, 0.6) is 0 Å². The van der Waals surface area contributed by atoms with Gasteiger partial charge in [-0.25, -0.2) is 4.98 Å². The minimum absolute atomic E-state index is 0.544. The van der Waals surface area contributed by atoms with Crippen LogP contribution in [0, 0.1) is 13.8 Å². The van der Waals surface area contributed by atoms with Crippen LogP contribution in [0.2, 0.25) is 5.02 Å². The van der Waals surface area contributed by atoms with Gasteiger partial charge in [0.25, 0.3) is 0 Å². The highest BCUT2D eigenvalue weighted by Gasteiger charge is 2.14. The van der Waals surface area contributed by atoms with Crippen molar-refractivity contribution >= 4 is 34.2 Å². The third-order valence-electron chi connectivity index (χ3n) is 3.60. The van der Waals surface area contributed by atoms with Crippen LogP contribution in [0.15, 0.2) is 36.4 Å². The van der Waals surface area contributed by atoms with Crippen LogP contribution in [-0.4, -0.2) is 15.4 Å². The maximum atomic E-state index is 6.08. The molecule has 0 bridgehead atoms. The normalized spacial score (nSPS) is 11.2. The van der Waals surface area contributed by atoms with Gasteiger partial charge in [-0.05, 0) is 43.7 Å². The van der Waals surface area contributed by atoms with Crippen molar-refractivity contribution in [1.29, 1.82) is 0 Å². The summed E-state index contributed by atoms with van der Waals surface area (Å²) in [6.07, 6.45) is 0.723. The van der Waals surface area contributed by atoms with Gasteiger partial charge in [-0.1, -0.05) is 29.3 Å². The molecule has 21 heavy (non-hydrogen) atoms. The average molecular weight is 319 g/mol. The number of benzene rings is 2. The second kappa shape index (κ2) is 5.70. The number of aryl methyl sites for hydroxylation is 3. The van der Waals surface area contributed by atoms with Crippen LogP contribution >= 0.6 is 23.2 Å². The first kappa shape index (κ1) is 14.4. The van der Waals surface area contributed by atoms with Crippen LogP contribution in [0.25, 0.3) is 16.7 Å². The van der Waals surface area contributed by atoms with E-state index in [1.807, 2.05) is 18.2 Å². The minimum Gasteiger partial charge on any atom is -0.296 e. The number of nitrogens with zero attached hydrogens (tertiary/aromatic N) is 2. The van der Waals surface area contributed by atoms with Gasteiger partial charge in [0, 0.05) is 17.3 Å². The fourth-order valence-electron chi connectivity index (χ4n) is 2.68. The van der Waals surface area contributed by atoms with Gasteiger partial charge in [0.15, 0.2) is 0 Å². The van der Waals surface area contributed by atoms with E-state index in [0.717, 1.165) is 29.0 Å². The predicted octanol–water partition coefficient (Wildman–Crippen LogP) is 5.08. The molecule has 108 valence electrons. The Morgan fingerprint density at radius 2 is 1.90 bits per heavy atom. The van der Waals surface area contributed by atoms with E-state index >= 15 is 0 Å². The fraction of sp³-hybridized carbons (Fsp3) is 0.235. The zero-order valence-electron chi connectivity index (χ0n) is 12.0. The molecule has 0 saturated heterocycles. The first-order chi connectivity index (χ1) is 10.1. The summed E-state index contributed by atoms with van der Waals surface area (Å²) in [5, 5.41) is 0.699. The average Bonchev–Trinajstić information content (AvgIpc) is 2.76. The van der Waals surface area contributed by atoms with E-state index in [0.29, 0.717) is 10.9 Å². The van der Waals surface area contributed by atoms with Crippen molar-refractivity contribution in [3.63, 3.8) is 0 Å². The Bertz CT molecular complexity index is 806. The van der Waals surface area contributed by atoms with Gasteiger partial charge in [0.05, 0.1) is 16.7 Å². The number of alkyl halides is 1. The van der Waals surface area contributed by atoms with Crippen molar-refractivity contribution in [2.24, 2.45) is 0 Å². The summed E-state index contributed by atoms with van der Waals surface area (Å²) in [6, 6.07) is 12.3. The molecule has 0 unspecified atom stereocenters. The molecule has 0 aliphatic heterocycles. The lowest BCUT2D eigenvalue weighted by atomic mass is 10.1. The Morgan fingerprint density at radius 3 is 2.62 bits per heavy atom. The van der Waals surface area contributed by atoms with Crippen molar-refractivity contribution in [1.82, 2.24) is 9.55 Å². The summed E-state index contributed by atoms with van der Waals surface area (Å²) in [4.78, 5) is 4.70. The number of rotatable bonds is 3. The summed E-state index contributed by atoms with van der Waals surface area (Å²) in [5.74, 6) is 1.51. The third kappa shape index (κ3) is 2.66.